The minimum absolute atomic E-state index is 0.00865. The molecule has 2 aromatic carbocycles. The molecule has 0 aliphatic heterocycles. The molecule has 0 fully saturated rings. The zero-order valence-corrected chi connectivity index (χ0v) is 13.5. The molecule has 0 aromatic heterocycles. The maximum absolute atomic E-state index is 12.3. The van der Waals surface area contributed by atoms with Gasteiger partial charge in [-0.15, -0.1) is 0 Å². The van der Waals surface area contributed by atoms with Crippen LogP contribution in [0.2, 0.25) is 0 Å². The maximum atomic E-state index is 12.3. The lowest BCUT2D eigenvalue weighted by atomic mass is 9.92. The maximum Gasteiger partial charge on any atom is 0.225 e. The Bertz CT molecular complexity index is 627. The Morgan fingerprint density at radius 1 is 1.00 bits per heavy atom. The molecule has 3 heteroatoms. The van der Waals surface area contributed by atoms with Crippen LogP contribution in [0.4, 0.5) is 5.69 Å². The number of nitrogens with one attached hydrogen (secondary N) is 1. The third-order valence-electron chi connectivity index (χ3n) is 3.88. The number of nitrogen functional groups attached to an aromatic ring is 1. The van der Waals surface area contributed by atoms with Gasteiger partial charge in [0.2, 0.25) is 5.91 Å². The molecule has 0 unspecified atom stereocenters. The van der Waals surface area contributed by atoms with Crippen LogP contribution in [-0.2, 0) is 23.2 Å². The molecule has 1 amide bonds. The predicted octanol–water partition coefficient (Wildman–Crippen LogP) is 3.43. The molecule has 0 atom stereocenters. The van der Waals surface area contributed by atoms with Crippen molar-refractivity contribution >= 4 is 11.6 Å². The van der Waals surface area contributed by atoms with Gasteiger partial charge in [-0.2, -0.15) is 0 Å². The zero-order valence-electron chi connectivity index (χ0n) is 13.5. The molecule has 0 bridgehead atoms. The molecular formula is C19H24N2O. The quantitative estimate of drug-likeness (QED) is 0.831. The first-order valence-corrected chi connectivity index (χ1v) is 7.65. The standard InChI is InChI=1S/C19H24N2O/c1-4-14-5-9-16(10-6-14)19(2,3)21-18(22)13-15-7-11-17(20)12-8-15/h5-12H,4,13,20H2,1-3H3,(H,21,22). The molecule has 0 aliphatic carbocycles. The second kappa shape index (κ2) is 6.65. The van der Waals surface area contributed by atoms with Crippen molar-refractivity contribution in [3.05, 3.63) is 65.2 Å². The van der Waals surface area contributed by atoms with Crippen LogP contribution < -0.4 is 11.1 Å². The monoisotopic (exact) mass is 296 g/mol. The number of benzene rings is 2. The number of carbonyl (C=O) groups excluding carboxylic acids is 1. The van der Waals surface area contributed by atoms with Crippen LogP contribution in [0, 0.1) is 0 Å². The predicted molar refractivity (Wildman–Crippen MR) is 91.5 cm³/mol. The first kappa shape index (κ1) is 16.1. The summed E-state index contributed by atoms with van der Waals surface area (Å²) >= 11 is 0. The van der Waals surface area contributed by atoms with Crippen molar-refractivity contribution in [2.45, 2.75) is 39.2 Å². The molecule has 0 radical (unpaired) electrons. The lowest BCUT2D eigenvalue weighted by Gasteiger charge is -2.27. The van der Waals surface area contributed by atoms with Crippen LogP contribution in [0.25, 0.3) is 0 Å². The number of hydrogen-bond acceptors (Lipinski definition) is 2. The number of carbonyl (C=O) groups is 1. The summed E-state index contributed by atoms with van der Waals surface area (Å²) in [5.74, 6) is 0.00865. The SMILES string of the molecule is CCc1ccc(C(C)(C)NC(=O)Cc2ccc(N)cc2)cc1. The summed E-state index contributed by atoms with van der Waals surface area (Å²) < 4.78 is 0. The van der Waals surface area contributed by atoms with Gasteiger partial charge in [-0.1, -0.05) is 43.3 Å². The highest BCUT2D eigenvalue weighted by atomic mass is 16.1. The van der Waals surface area contributed by atoms with E-state index < -0.39 is 5.54 Å². The Morgan fingerprint density at radius 3 is 2.09 bits per heavy atom. The Morgan fingerprint density at radius 2 is 1.55 bits per heavy atom. The van der Waals surface area contributed by atoms with Crippen LogP contribution in [0.3, 0.4) is 0 Å². The molecule has 0 aliphatic rings. The van der Waals surface area contributed by atoms with E-state index in [0.717, 1.165) is 17.5 Å². The van der Waals surface area contributed by atoms with Crippen molar-refractivity contribution < 1.29 is 4.79 Å². The topological polar surface area (TPSA) is 55.1 Å². The summed E-state index contributed by atoms with van der Waals surface area (Å²) in [6, 6.07) is 15.8. The Labute approximate surface area is 132 Å². The fourth-order valence-corrected chi connectivity index (χ4v) is 2.44. The summed E-state index contributed by atoms with van der Waals surface area (Å²) in [6.07, 6.45) is 1.38. The molecule has 2 aromatic rings. The van der Waals surface area contributed by atoms with E-state index in [1.807, 2.05) is 38.1 Å². The van der Waals surface area contributed by atoms with Crippen LogP contribution >= 0.6 is 0 Å². The molecule has 3 N–H and O–H groups in total. The van der Waals surface area contributed by atoms with E-state index in [2.05, 4.69) is 36.5 Å². The Kier molecular flexibility index (Phi) is 4.86. The van der Waals surface area contributed by atoms with E-state index in [1.165, 1.54) is 5.56 Å². The molecule has 2 rings (SSSR count). The largest absolute Gasteiger partial charge is 0.399 e. The third-order valence-corrected chi connectivity index (χ3v) is 3.88. The van der Waals surface area contributed by atoms with E-state index in [9.17, 15) is 4.79 Å². The van der Waals surface area contributed by atoms with E-state index in [4.69, 9.17) is 5.73 Å². The lowest BCUT2D eigenvalue weighted by molar-refractivity contribution is -0.122. The summed E-state index contributed by atoms with van der Waals surface area (Å²) in [6.45, 7) is 6.18. The molecular weight excluding hydrogens is 272 g/mol. The van der Waals surface area contributed by atoms with Gasteiger partial charge in [0, 0.05) is 5.69 Å². The van der Waals surface area contributed by atoms with Crippen molar-refractivity contribution in [3.63, 3.8) is 0 Å². The van der Waals surface area contributed by atoms with Gasteiger partial charge in [0.05, 0.1) is 12.0 Å². The molecule has 3 nitrogen and oxygen atoms in total. The first-order valence-electron chi connectivity index (χ1n) is 7.65. The van der Waals surface area contributed by atoms with Crippen molar-refractivity contribution in [2.24, 2.45) is 0 Å². The second-order valence-corrected chi connectivity index (χ2v) is 6.14. The normalized spacial score (nSPS) is 11.2. The minimum atomic E-state index is -0.392. The van der Waals surface area contributed by atoms with Gasteiger partial charge in [-0.3, -0.25) is 4.79 Å². The van der Waals surface area contributed by atoms with Crippen LogP contribution in [0.1, 0.15) is 37.5 Å². The molecule has 116 valence electrons. The Hall–Kier alpha value is -2.29. The van der Waals surface area contributed by atoms with Gasteiger partial charge in [0.1, 0.15) is 0 Å². The number of anilines is 1. The lowest BCUT2D eigenvalue weighted by Crippen LogP contribution is -2.41. The summed E-state index contributed by atoms with van der Waals surface area (Å²) in [5.41, 5.74) is 9.34. The van der Waals surface area contributed by atoms with Gasteiger partial charge in [0.25, 0.3) is 0 Å². The fourth-order valence-electron chi connectivity index (χ4n) is 2.44. The van der Waals surface area contributed by atoms with Crippen LogP contribution in [0.15, 0.2) is 48.5 Å². The average molecular weight is 296 g/mol. The number of nitrogens with two attached hydrogens (primary N) is 1. The molecule has 0 saturated heterocycles. The molecule has 0 spiro atoms. The number of amides is 1. The molecule has 0 saturated carbocycles. The highest BCUT2D eigenvalue weighted by molar-refractivity contribution is 5.79. The van der Waals surface area contributed by atoms with Crippen molar-refractivity contribution in [1.29, 1.82) is 0 Å². The zero-order chi connectivity index (χ0) is 16.2. The minimum Gasteiger partial charge on any atom is -0.399 e. The second-order valence-electron chi connectivity index (χ2n) is 6.14. The average Bonchev–Trinajstić information content (AvgIpc) is 2.49. The van der Waals surface area contributed by atoms with Crippen LogP contribution in [0.5, 0.6) is 0 Å². The van der Waals surface area contributed by atoms with Crippen molar-refractivity contribution in [1.82, 2.24) is 5.32 Å². The van der Waals surface area contributed by atoms with Crippen LogP contribution in [-0.4, -0.2) is 5.91 Å². The van der Waals surface area contributed by atoms with Crippen molar-refractivity contribution in [3.8, 4) is 0 Å². The smallest absolute Gasteiger partial charge is 0.225 e. The molecule has 22 heavy (non-hydrogen) atoms. The van der Waals surface area contributed by atoms with Gasteiger partial charge in [0.15, 0.2) is 0 Å². The first-order chi connectivity index (χ1) is 10.4. The van der Waals surface area contributed by atoms with Crippen molar-refractivity contribution in [2.75, 3.05) is 5.73 Å². The van der Waals surface area contributed by atoms with Gasteiger partial charge in [-0.05, 0) is 49.1 Å². The van der Waals surface area contributed by atoms with E-state index in [1.54, 1.807) is 0 Å². The van der Waals surface area contributed by atoms with Gasteiger partial charge in [-0.25, -0.2) is 0 Å². The number of rotatable bonds is 5. The highest BCUT2D eigenvalue weighted by Crippen LogP contribution is 2.21. The van der Waals surface area contributed by atoms with E-state index >= 15 is 0 Å². The highest BCUT2D eigenvalue weighted by Gasteiger charge is 2.22. The molecule has 0 heterocycles. The fraction of sp³-hybridized carbons (Fsp3) is 0.316. The number of aryl methyl sites for hydroxylation is 1. The van der Waals surface area contributed by atoms with Gasteiger partial charge >= 0.3 is 0 Å². The number of hydrogen-bond donors (Lipinski definition) is 2. The summed E-state index contributed by atoms with van der Waals surface area (Å²) in [7, 11) is 0. The summed E-state index contributed by atoms with van der Waals surface area (Å²) in [5, 5.41) is 3.10. The van der Waals surface area contributed by atoms with E-state index in [-0.39, 0.29) is 5.91 Å². The Balaban J connectivity index is 2.03. The summed E-state index contributed by atoms with van der Waals surface area (Å²) in [4.78, 5) is 12.3. The van der Waals surface area contributed by atoms with Gasteiger partial charge < -0.3 is 11.1 Å². The van der Waals surface area contributed by atoms with E-state index in [0.29, 0.717) is 12.1 Å². The third kappa shape index (κ3) is 4.10.